The molecule has 0 aliphatic carbocycles. The maximum atomic E-state index is 11.3. The van der Waals surface area contributed by atoms with Crippen molar-refractivity contribution >= 4 is 5.91 Å². The largest absolute Gasteiger partial charge is 0.344 e. The van der Waals surface area contributed by atoms with E-state index in [2.05, 4.69) is 4.90 Å². The molecule has 0 saturated heterocycles. The number of hydrogen-bond acceptors (Lipinski definition) is 2. The highest BCUT2D eigenvalue weighted by molar-refractivity contribution is 5.75. The molecule has 0 aromatic carbocycles. The molecule has 0 atom stereocenters. The lowest BCUT2D eigenvalue weighted by atomic mass is 10.3. The van der Waals surface area contributed by atoms with Crippen LogP contribution in [0, 0.1) is 0 Å². The van der Waals surface area contributed by atoms with Crippen LogP contribution in [0.5, 0.6) is 0 Å². The highest BCUT2D eigenvalue weighted by atomic mass is 16.2. The smallest absolute Gasteiger partial charge is 0.222 e. The molecule has 0 fully saturated rings. The summed E-state index contributed by atoms with van der Waals surface area (Å²) < 4.78 is 0. The average molecular weight is 172 g/mol. The molecule has 0 N–H and O–H groups in total. The van der Waals surface area contributed by atoms with E-state index in [4.69, 9.17) is 0 Å². The summed E-state index contributed by atoms with van der Waals surface area (Å²) in [6.45, 7) is 3.79. The molecule has 0 radical (unpaired) electrons. The second kappa shape index (κ2) is 6.00. The highest BCUT2D eigenvalue weighted by Crippen LogP contribution is 1.94. The third-order valence-electron chi connectivity index (χ3n) is 1.77. The van der Waals surface area contributed by atoms with Gasteiger partial charge >= 0.3 is 0 Å². The molecule has 0 aliphatic heterocycles. The Hall–Kier alpha value is -0.570. The third kappa shape index (κ3) is 5.13. The first-order valence-electron chi connectivity index (χ1n) is 4.46. The topological polar surface area (TPSA) is 23.6 Å². The molecule has 0 aromatic rings. The minimum Gasteiger partial charge on any atom is -0.344 e. The molecule has 1 amide bonds. The zero-order valence-electron chi connectivity index (χ0n) is 8.63. The van der Waals surface area contributed by atoms with Gasteiger partial charge in [0.25, 0.3) is 0 Å². The van der Waals surface area contributed by atoms with E-state index in [1.807, 2.05) is 28.1 Å². The molecule has 0 unspecified atom stereocenters. The lowest BCUT2D eigenvalue weighted by Crippen LogP contribution is -2.33. The molecule has 0 aromatic heterocycles. The standard InChI is InChI=1S/C9H20N2O/c1-5-6-9(12)11(4)8-7-10(2)3/h5-8H2,1-4H3. The van der Waals surface area contributed by atoms with E-state index in [1.165, 1.54) is 0 Å². The average Bonchev–Trinajstić information content (AvgIpc) is 2.00. The van der Waals surface area contributed by atoms with Gasteiger partial charge < -0.3 is 9.80 Å². The lowest BCUT2D eigenvalue weighted by molar-refractivity contribution is -0.130. The minimum atomic E-state index is 0.249. The van der Waals surface area contributed by atoms with Gasteiger partial charge in [-0.25, -0.2) is 0 Å². The number of hydrogen-bond donors (Lipinski definition) is 0. The normalized spacial score (nSPS) is 10.4. The van der Waals surface area contributed by atoms with Gasteiger partial charge in [-0.2, -0.15) is 0 Å². The Labute approximate surface area is 75.3 Å². The van der Waals surface area contributed by atoms with E-state index < -0.39 is 0 Å². The van der Waals surface area contributed by atoms with Crippen molar-refractivity contribution in [2.75, 3.05) is 34.2 Å². The van der Waals surface area contributed by atoms with E-state index in [0.717, 1.165) is 19.5 Å². The minimum absolute atomic E-state index is 0.249. The molecule has 72 valence electrons. The maximum absolute atomic E-state index is 11.3. The van der Waals surface area contributed by atoms with Crippen LogP contribution in [-0.2, 0) is 4.79 Å². The van der Waals surface area contributed by atoms with Crippen molar-refractivity contribution in [1.29, 1.82) is 0 Å². The van der Waals surface area contributed by atoms with E-state index in [1.54, 1.807) is 4.90 Å². The quantitative estimate of drug-likeness (QED) is 0.612. The maximum Gasteiger partial charge on any atom is 0.222 e. The number of likely N-dealkylation sites (N-methyl/N-ethyl adjacent to an activating group) is 2. The molecule has 12 heavy (non-hydrogen) atoms. The second-order valence-electron chi connectivity index (χ2n) is 3.37. The van der Waals surface area contributed by atoms with Crippen LogP contribution in [0.3, 0.4) is 0 Å². The number of carbonyl (C=O) groups excluding carboxylic acids is 1. The van der Waals surface area contributed by atoms with Crippen molar-refractivity contribution in [1.82, 2.24) is 9.80 Å². The Bertz CT molecular complexity index is 134. The molecule has 0 heterocycles. The van der Waals surface area contributed by atoms with Crippen LogP contribution in [-0.4, -0.2) is 49.9 Å². The zero-order chi connectivity index (χ0) is 9.56. The summed E-state index contributed by atoms with van der Waals surface area (Å²) in [6.07, 6.45) is 1.61. The van der Waals surface area contributed by atoms with Gasteiger partial charge in [0, 0.05) is 26.6 Å². The molecule has 3 nitrogen and oxygen atoms in total. The van der Waals surface area contributed by atoms with Crippen molar-refractivity contribution < 1.29 is 4.79 Å². The predicted molar refractivity (Wildman–Crippen MR) is 51.1 cm³/mol. The molecule has 0 saturated carbocycles. The molecule has 0 rings (SSSR count). The van der Waals surface area contributed by atoms with E-state index in [-0.39, 0.29) is 5.91 Å². The molecular weight excluding hydrogens is 152 g/mol. The fourth-order valence-corrected chi connectivity index (χ4v) is 0.879. The number of rotatable bonds is 5. The van der Waals surface area contributed by atoms with Crippen LogP contribution in [0.15, 0.2) is 0 Å². The molecule has 0 aliphatic rings. The lowest BCUT2D eigenvalue weighted by Gasteiger charge is -2.19. The van der Waals surface area contributed by atoms with Gasteiger partial charge in [0.15, 0.2) is 0 Å². The van der Waals surface area contributed by atoms with Gasteiger partial charge in [-0.3, -0.25) is 4.79 Å². The van der Waals surface area contributed by atoms with Crippen molar-refractivity contribution in [3.8, 4) is 0 Å². The Morgan fingerprint density at radius 3 is 2.17 bits per heavy atom. The summed E-state index contributed by atoms with van der Waals surface area (Å²) in [4.78, 5) is 15.1. The fraction of sp³-hybridized carbons (Fsp3) is 0.889. The summed E-state index contributed by atoms with van der Waals surface area (Å²) in [5.74, 6) is 0.249. The Balaban J connectivity index is 3.56. The highest BCUT2D eigenvalue weighted by Gasteiger charge is 2.06. The van der Waals surface area contributed by atoms with Crippen LogP contribution >= 0.6 is 0 Å². The first-order valence-corrected chi connectivity index (χ1v) is 4.46. The molecule has 0 spiro atoms. The molecular formula is C9H20N2O. The third-order valence-corrected chi connectivity index (χ3v) is 1.77. The summed E-state index contributed by atoms with van der Waals surface area (Å²) in [6, 6.07) is 0. The van der Waals surface area contributed by atoms with E-state index in [9.17, 15) is 4.79 Å². The fourth-order valence-electron chi connectivity index (χ4n) is 0.879. The van der Waals surface area contributed by atoms with Crippen molar-refractivity contribution in [2.45, 2.75) is 19.8 Å². The Morgan fingerprint density at radius 1 is 1.17 bits per heavy atom. The summed E-state index contributed by atoms with van der Waals surface area (Å²) in [5.41, 5.74) is 0. The van der Waals surface area contributed by atoms with Gasteiger partial charge in [-0.05, 0) is 20.5 Å². The van der Waals surface area contributed by atoms with Crippen molar-refractivity contribution in [3.63, 3.8) is 0 Å². The van der Waals surface area contributed by atoms with Gasteiger partial charge in [0.1, 0.15) is 0 Å². The van der Waals surface area contributed by atoms with Crippen LogP contribution in [0.2, 0.25) is 0 Å². The van der Waals surface area contributed by atoms with Crippen molar-refractivity contribution in [2.24, 2.45) is 0 Å². The van der Waals surface area contributed by atoms with Crippen molar-refractivity contribution in [3.05, 3.63) is 0 Å². The van der Waals surface area contributed by atoms with Crippen LogP contribution < -0.4 is 0 Å². The summed E-state index contributed by atoms with van der Waals surface area (Å²) >= 11 is 0. The van der Waals surface area contributed by atoms with Gasteiger partial charge in [-0.1, -0.05) is 6.92 Å². The Kier molecular flexibility index (Phi) is 5.72. The summed E-state index contributed by atoms with van der Waals surface area (Å²) in [7, 11) is 5.89. The van der Waals surface area contributed by atoms with E-state index >= 15 is 0 Å². The summed E-state index contributed by atoms with van der Waals surface area (Å²) in [5, 5.41) is 0. The van der Waals surface area contributed by atoms with Crippen LogP contribution in [0.4, 0.5) is 0 Å². The van der Waals surface area contributed by atoms with Crippen LogP contribution in [0.1, 0.15) is 19.8 Å². The molecule has 3 heteroatoms. The number of carbonyl (C=O) groups is 1. The number of amides is 1. The molecule has 0 bridgehead atoms. The first-order chi connectivity index (χ1) is 5.57. The van der Waals surface area contributed by atoms with Gasteiger partial charge in [-0.15, -0.1) is 0 Å². The Morgan fingerprint density at radius 2 is 1.75 bits per heavy atom. The monoisotopic (exact) mass is 172 g/mol. The number of nitrogens with zero attached hydrogens (tertiary/aromatic N) is 2. The van der Waals surface area contributed by atoms with Gasteiger partial charge in [0.2, 0.25) is 5.91 Å². The zero-order valence-corrected chi connectivity index (χ0v) is 8.63. The van der Waals surface area contributed by atoms with Crippen LogP contribution in [0.25, 0.3) is 0 Å². The predicted octanol–water partition coefficient (Wildman–Crippen LogP) is 0.806. The van der Waals surface area contributed by atoms with E-state index in [0.29, 0.717) is 6.42 Å². The second-order valence-corrected chi connectivity index (χ2v) is 3.37. The first kappa shape index (κ1) is 11.4. The van der Waals surface area contributed by atoms with Gasteiger partial charge in [0.05, 0.1) is 0 Å². The SMILES string of the molecule is CCCC(=O)N(C)CCN(C)C.